The van der Waals surface area contributed by atoms with Crippen LogP contribution < -0.4 is 5.32 Å². The van der Waals surface area contributed by atoms with Crippen molar-refractivity contribution in [2.45, 2.75) is 51.2 Å². The van der Waals surface area contributed by atoms with E-state index in [-0.39, 0.29) is 11.9 Å². The number of nitrogens with one attached hydrogen (secondary N) is 1. The van der Waals surface area contributed by atoms with Crippen molar-refractivity contribution in [3.05, 3.63) is 65.2 Å². The zero-order valence-electron chi connectivity index (χ0n) is 17.4. The molecule has 2 aliphatic rings. The minimum atomic E-state index is -0.850. The number of hydrogen-bond acceptors (Lipinski definition) is 5. The lowest BCUT2D eigenvalue weighted by atomic mass is 9.86. The monoisotopic (exact) mass is 416 g/mol. The Morgan fingerprint density at radius 3 is 2.81 bits per heavy atom. The molecule has 3 aromatic rings. The summed E-state index contributed by atoms with van der Waals surface area (Å²) in [7, 11) is 0. The van der Waals surface area contributed by atoms with Gasteiger partial charge in [-0.05, 0) is 74.4 Å². The van der Waals surface area contributed by atoms with Crippen LogP contribution in [0.1, 0.15) is 60.0 Å². The van der Waals surface area contributed by atoms with Crippen LogP contribution in [-0.4, -0.2) is 29.0 Å². The Hall–Kier alpha value is -3.41. The van der Waals surface area contributed by atoms with E-state index in [1.54, 1.807) is 13.2 Å². The first-order chi connectivity index (χ1) is 15.1. The highest BCUT2D eigenvalue weighted by Crippen LogP contribution is 2.36. The van der Waals surface area contributed by atoms with Crippen molar-refractivity contribution >= 4 is 34.4 Å². The number of ether oxygens (including phenoxy) is 1. The number of esters is 1. The van der Waals surface area contributed by atoms with Crippen LogP contribution in [0.5, 0.6) is 0 Å². The van der Waals surface area contributed by atoms with E-state index < -0.39 is 12.1 Å². The summed E-state index contributed by atoms with van der Waals surface area (Å²) in [5, 5.41) is 3.64. The van der Waals surface area contributed by atoms with Crippen LogP contribution in [0.2, 0.25) is 0 Å². The number of nitrogens with zero attached hydrogens (tertiary/aromatic N) is 1. The second-order valence-corrected chi connectivity index (χ2v) is 8.20. The molecule has 0 radical (unpaired) electrons. The molecule has 2 aromatic heterocycles. The van der Waals surface area contributed by atoms with E-state index in [0.717, 1.165) is 65.6 Å². The van der Waals surface area contributed by atoms with Crippen molar-refractivity contribution in [2.75, 3.05) is 0 Å². The third kappa shape index (κ3) is 3.98. The number of allylic oxidation sites excluding steroid dienone is 1. The number of amides is 1. The Morgan fingerprint density at radius 2 is 2.03 bits per heavy atom. The molecular weight excluding hydrogens is 392 g/mol. The molecule has 1 unspecified atom stereocenters. The molecule has 0 bridgehead atoms. The fourth-order valence-electron chi connectivity index (χ4n) is 4.07. The van der Waals surface area contributed by atoms with Gasteiger partial charge in [-0.2, -0.15) is 0 Å². The van der Waals surface area contributed by atoms with Crippen molar-refractivity contribution in [3.63, 3.8) is 0 Å². The molecular formula is C25H24N2O4. The van der Waals surface area contributed by atoms with E-state index in [0.29, 0.717) is 5.56 Å². The van der Waals surface area contributed by atoms with Crippen LogP contribution in [0.4, 0.5) is 0 Å². The van der Waals surface area contributed by atoms with Gasteiger partial charge in [0.2, 0.25) is 0 Å². The number of para-hydroxylation sites is 1. The summed E-state index contributed by atoms with van der Waals surface area (Å²) in [6.45, 7) is 1.62. The Morgan fingerprint density at radius 1 is 1.19 bits per heavy atom. The molecule has 1 fully saturated rings. The zero-order valence-corrected chi connectivity index (χ0v) is 17.4. The second-order valence-electron chi connectivity index (χ2n) is 8.20. The average Bonchev–Trinajstić information content (AvgIpc) is 3.44. The van der Waals surface area contributed by atoms with E-state index in [2.05, 4.69) is 5.32 Å². The quantitative estimate of drug-likeness (QED) is 0.618. The number of carbonyl (C=O) groups excluding carboxylic acids is 2. The Kier molecular flexibility index (Phi) is 5.06. The van der Waals surface area contributed by atoms with Crippen molar-refractivity contribution < 1.29 is 18.7 Å². The lowest BCUT2D eigenvalue weighted by molar-refractivity contribution is -0.129. The van der Waals surface area contributed by atoms with Gasteiger partial charge in [0, 0.05) is 11.4 Å². The fraction of sp³-hybridized carbons (Fsp3) is 0.320. The van der Waals surface area contributed by atoms with Gasteiger partial charge in [0.05, 0.1) is 23.0 Å². The fourth-order valence-corrected chi connectivity index (χ4v) is 4.07. The van der Waals surface area contributed by atoms with E-state index >= 15 is 0 Å². The highest BCUT2D eigenvalue weighted by atomic mass is 16.5. The molecule has 1 atom stereocenters. The molecule has 1 saturated carbocycles. The number of pyridine rings is 1. The van der Waals surface area contributed by atoms with E-state index in [1.165, 1.54) is 0 Å². The van der Waals surface area contributed by atoms with Crippen molar-refractivity contribution in [1.29, 1.82) is 0 Å². The molecule has 0 aliphatic heterocycles. The molecule has 2 aliphatic carbocycles. The number of aromatic nitrogens is 1. The number of carbonyl (C=O) groups is 2. The third-order valence-electron chi connectivity index (χ3n) is 5.81. The molecule has 0 spiro atoms. The first kappa shape index (κ1) is 19.5. The molecule has 6 heteroatoms. The van der Waals surface area contributed by atoms with Gasteiger partial charge in [-0.3, -0.25) is 4.79 Å². The molecule has 1 aromatic carbocycles. The van der Waals surface area contributed by atoms with Gasteiger partial charge in [0.1, 0.15) is 5.76 Å². The molecule has 0 saturated heterocycles. The van der Waals surface area contributed by atoms with Gasteiger partial charge in [-0.25, -0.2) is 9.78 Å². The normalized spacial score (nSPS) is 17.9. The van der Waals surface area contributed by atoms with Gasteiger partial charge in [0.15, 0.2) is 6.10 Å². The average molecular weight is 416 g/mol. The van der Waals surface area contributed by atoms with E-state index in [9.17, 15) is 9.59 Å². The lowest BCUT2D eigenvalue weighted by Crippen LogP contribution is -2.37. The van der Waals surface area contributed by atoms with Gasteiger partial charge in [-0.15, -0.1) is 0 Å². The maximum Gasteiger partial charge on any atom is 0.339 e. The van der Waals surface area contributed by atoms with Gasteiger partial charge in [-0.1, -0.05) is 18.2 Å². The van der Waals surface area contributed by atoms with Crippen LogP contribution in [-0.2, 0) is 16.0 Å². The predicted molar refractivity (Wildman–Crippen MR) is 117 cm³/mol. The zero-order chi connectivity index (χ0) is 21.4. The predicted octanol–water partition coefficient (Wildman–Crippen LogP) is 4.53. The molecule has 31 heavy (non-hydrogen) atoms. The summed E-state index contributed by atoms with van der Waals surface area (Å²) in [5.74, 6) is 0.0290. The molecule has 1 amide bonds. The first-order valence-electron chi connectivity index (χ1n) is 10.8. The molecule has 6 nitrogen and oxygen atoms in total. The number of hydrogen-bond donors (Lipinski definition) is 1. The van der Waals surface area contributed by atoms with Crippen molar-refractivity contribution in [1.82, 2.24) is 10.3 Å². The highest BCUT2D eigenvalue weighted by molar-refractivity contribution is 6.07. The van der Waals surface area contributed by atoms with Gasteiger partial charge < -0.3 is 14.5 Å². The van der Waals surface area contributed by atoms with Crippen LogP contribution in [0.3, 0.4) is 0 Å². The van der Waals surface area contributed by atoms with Crippen LogP contribution in [0.25, 0.3) is 22.6 Å². The maximum absolute atomic E-state index is 13.3. The minimum Gasteiger partial charge on any atom is -0.465 e. The van der Waals surface area contributed by atoms with E-state index in [4.69, 9.17) is 14.1 Å². The maximum atomic E-state index is 13.3. The summed E-state index contributed by atoms with van der Waals surface area (Å²) in [4.78, 5) is 30.5. The second kappa shape index (κ2) is 8.02. The first-order valence-corrected chi connectivity index (χ1v) is 10.8. The summed E-state index contributed by atoms with van der Waals surface area (Å²) in [6.07, 6.45) is 7.24. The Labute approximate surface area is 180 Å². The molecule has 5 rings (SSSR count). The van der Waals surface area contributed by atoms with E-state index in [1.807, 2.05) is 42.5 Å². The SMILES string of the molecule is CC(OC(=O)c1c2c(nc3ccccc13)/C(=C/c1ccco1)CCC2)C(=O)NC1CC1. The summed E-state index contributed by atoms with van der Waals surface area (Å²) < 4.78 is 11.1. The van der Waals surface area contributed by atoms with Crippen LogP contribution >= 0.6 is 0 Å². The molecule has 2 heterocycles. The Bertz CT molecular complexity index is 1180. The van der Waals surface area contributed by atoms with Crippen molar-refractivity contribution in [2.24, 2.45) is 0 Å². The summed E-state index contributed by atoms with van der Waals surface area (Å²) >= 11 is 0. The number of rotatable bonds is 5. The topological polar surface area (TPSA) is 81.4 Å². The minimum absolute atomic E-state index is 0.220. The summed E-state index contributed by atoms with van der Waals surface area (Å²) in [6, 6.07) is 11.5. The van der Waals surface area contributed by atoms with Crippen molar-refractivity contribution in [3.8, 4) is 0 Å². The number of fused-ring (bicyclic) bond motifs is 2. The summed E-state index contributed by atoms with van der Waals surface area (Å²) in [5.41, 5.74) is 3.97. The molecule has 158 valence electrons. The van der Waals surface area contributed by atoms with Gasteiger partial charge in [0.25, 0.3) is 5.91 Å². The Balaban J connectivity index is 1.55. The van der Waals surface area contributed by atoms with Crippen LogP contribution in [0.15, 0.2) is 47.1 Å². The number of benzene rings is 1. The standard InChI is InChI=1S/C25H24N2O4/c1-15(24(28)26-17-11-12-17)31-25(29)22-19-8-2-3-10-21(19)27-23-16(6-4-9-20(22)23)14-18-7-5-13-30-18/h2-3,5,7-8,10,13-15,17H,4,6,9,11-12H2,1H3,(H,26,28)/b16-14+. The highest BCUT2D eigenvalue weighted by Gasteiger charge is 2.30. The van der Waals surface area contributed by atoms with Gasteiger partial charge >= 0.3 is 5.97 Å². The molecule has 1 N–H and O–H groups in total. The van der Waals surface area contributed by atoms with Crippen LogP contribution in [0, 0.1) is 0 Å². The largest absolute Gasteiger partial charge is 0.465 e. The third-order valence-corrected chi connectivity index (χ3v) is 5.81. The number of furan rings is 1. The lowest BCUT2D eigenvalue weighted by Gasteiger charge is -2.23. The smallest absolute Gasteiger partial charge is 0.339 e.